The number of benzene rings is 3. The number of aromatic carboxylic acids is 1. The Morgan fingerprint density at radius 2 is 1.74 bits per heavy atom. The predicted molar refractivity (Wildman–Crippen MR) is 107 cm³/mol. The van der Waals surface area contributed by atoms with Gasteiger partial charge in [-0.25, -0.2) is 4.79 Å². The largest absolute Gasteiger partial charge is 0.478 e. The van der Waals surface area contributed by atoms with E-state index in [-0.39, 0.29) is 15.6 Å². The quantitative estimate of drug-likeness (QED) is 0.500. The van der Waals surface area contributed by atoms with E-state index in [1.54, 1.807) is 30.3 Å². The van der Waals surface area contributed by atoms with Crippen LogP contribution in [0.3, 0.4) is 0 Å². The molecule has 0 amide bonds. The fraction of sp³-hybridized carbons (Fsp3) is 0. The van der Waals surface area contributed by atoms with Crippen molar-refractivity contribution in [3.63, 3.8) is 0 Å². The van der Waals surface area contributed by atoms with E-state index >= 15 is 0 Å². The number of fused-ring (bicyclic) bond motifs is 2. The van der Waals surface area contributed by atoms with Crippen molar-refractivity contribution in [3.8, 4) is 11.5 Å². The molecule has 0 saturated heterocycles. The van der Waals surface area contributed by atoms with Gasteiger partial charge in [-0.2, -0.15) is 0 Å². The molecule has 0 radical (unpaired) electrons. The Kier molecular flexibility index (Phi) is 4.10. The van der Waals surface area contributed by atoms with Crippen LogP contribution in [0, 0.1) is 0 Å². The predicted octanol–water partition coefficient (Wildman–Crippen LogP) is 4.04. The lowest BCUT2D eigenvalue weighted by atomic mass is 9.89. The lowest BCUT2D eigenvalue weighted by molar-refractivity contribution is 0.0696. The van der Waals surface area contributed by atoms with Crippen molar-refractivity contribution in [3.05, 3.63) is 85.7 Å². The molecule has 3 aromatic rings. The fourth-order valence-electron chi connectivity index (χ4n) is 3.23. The summed E-state index contributed by atoms with van der Waals surface area (Å²) in [5.74, 6) is -0.109. The van der Waals surface area contributed by atoms with E-state index < -0.39 is 5.97 Å². The van der Waals surface area contributed by atoms with Gasteiger partial charge in [-0.1, -0.05) is 41.9 Å². The molecule has 4 nitrogen and oxygen atoms in total. The van der Waals surface area contributed by atoms with Gasteiger partial charge in [0.05, 0.1) is 10.6 Å². The number of nitrogens with two attached hydrogens (primary N) is 1. The second kappa shape index (κ2) is 6.34. The molecular formula is C21H13Cl2NO3. The Morgan fingerprint density at radius 1 is 1.00 bits per heavy atom. The first-order valence-corrected chi connectivity index (χ1v) is 8.75. The molecule has 0 aromatic heterocycles. The molecular weight excluding hydrogens is 385 g/mol. The first-order chi connectivity index (χ1) is 12.9. The number of carboxylic acid groups (broad SMARTS) is 1. The standard InChI is InChI=1S/C21H13Cl2NO3/c1-10-2-4-12-16(8-10)27-17-9-11(24)3-5-13(17)18(12)19-14(22)6-7-15(23)20(19)21(25)26/h2-9H,1,24H2,(H,25,26). The van der Waals surface area contributed by atoms with Crippen LogP contribution >= 0.6 is 23.2 Å². The van der Waals surface area contributed by atoms with Gasteiger partial charge < -0.3 is 15.6 Å². The molecule has 1 heterocycles. The Balaban J connectivity index is 2.23. The van der Waals surface area contributed by atoms with Gasteiger partial charge >= 0.3 is 5.97 Å². The average molecular weight is 398 g/mol. The highest BCUT2D eigenvalue weighted by atomic mass is 35.5. The number of nitrogen functional groups attached to an aromatic ring is 1. The van der Waals surface area contributed by atoms with E-state index in [1.165, 1.54) is 6.07 Å². The Bertz CT molecular complexity index is 1230. The third kappa shape index (κ3) is 2.83. The van der Waals surface area contributed by atoms with Crippen LogP contribution in [0.5, 0.6) is 11.5 Å². The second-order valence-electron chi connectivity index (χ2n) is 6.15. The van der Waals surface area contributed by atoms with E-state index in [4.69, 9.17) is 33.7 Å². The van der Waals surface area contributed by atoms with Gasteiger partial charge in [0.15, 0.2) is 0 Å². The van der Waals surface area contributed by atoms with Crippen LogP contribution < -0.4 is 20.9 Å². The molecule has 0 unspecified atom stereocenters. The zero-order valence-corrected chi connectivity index (χ0v) is 15.4. The molecule has 3 aromatic carbocycles. The van der Waals surface area contributed by atoms with Crippen LogP contribution in [0.4, 0.5) is 5.69 Å². The molecule has 0 saturated carbocycles. The summed E-state index contributed by atoms with van der Waals surface area (Å²) in [5.41, 5.74) is 8.01. The van der Waals surface area contributed by atoms with Gasteiger partial charge in [-0.05, 0) is 35.6 Å². The summed E-state index contributed by atoms with van der Waals surface area (Å²) in [5, 5.41) is 11.6. The average Bonchev–Trinajstić information content (AvgIpc) is 2.61. The SMILES string of the molecule is C=c1ccc2c(c1)Oc1cc(N)ccc1C=2c1c(Cl)ccc(Cl)c1C(=O)O. The van der Waals surface area contributed by atoms with Crippen molar-refractivity contribution in [2.24, 2.45) is 0 Å². The van der Waals surface area contributed by atoms with Gasteiger partial charge in [0.25, 0.3) is 0 Å². The van der Waals surface area contributed by atoms with Gasteiger partial charge in [-0.15, -0.1) is 0 Å². The van der Waals surface area contributed by atoms with Crippen molar-refractivity contribution in [1.82, 2.24) is 0 Å². The number of carboxylic acids is 1. The van der Waals surface area contributed by atoms with Crippen molar-refractivity contribution in [2.75, 3.05) is 5.73 Å². The summed E-state index contributed by atoms with van der Waals surface area (Å²) < 4.78 is 6.00. The van der Waals surface area contributed by atoms with Crippen LogP contribution in [-0.2, 0) is 0 Å². The Labute approximate surface area is 164 Å². The molecule has 0 fully saturated rings. The molecule has 0 atom stereocenters. The minimum atomic E-state index is -1.16. The maximum absolute atomic E-state index is 12.0. The second-order valence-corrected chi connectivity index (χ2v) is 6.96. The number of hydrogen-bond donors (Lipinski definition) is 2. The maximum atomic E-state index is 12.0. The van der Waals surface area contributed by atoms with E-state index in [0.717, 1.165) is 5.22 Å². The van der Waals surface area contributed by atoms with Crippen LogP contribution in [-0.4, -0.2) is 11.1 Å². The van der Waals surface area contributed by atoms with Crippen LogP contribution in [0.1, 0.15) is 21.5 Å². The zero-order valence-electron chi connectivity index (χ0n) is 13.9. The van der Waals surface area contributed by atoms with Crippen molar-refractivity contribution < 1.29 is 14.6 Å². The van der Waals surface area contributed by atoms with E-state index in [9.17, 15) is 9.90 Å². The molecule has 1 aliphatic heterocycles. The Morgan fingerprint density at radius 3 is 2.48 bits per heavy atom. The molecule has 1 aliphatic rings. The minimum Gasteiger partial charge on any atom is -0.478 e. The minimum absolute atomic E-state index is 0.0616. The highest BCUT2D eigenvalue weighted by Gasteiger charge is 2.27. The van der Waals surface area contributed by atoms with Crippen molar-refractivity contribution in [1.29, 1.82) is 0 Å². The summed E-state index contributed by atoms with van der Waals surface area (Å²) in [6.07, 6.45) is 0. The maximum Gasteiger partial charge on any atom is 0.337 e. The van der Waals surface area contributed by atoms with Crippen LogP contribution in [0.2, 0.25) is 10.0 Å². The fourth-order valence-corrected chi connectivity index (χ4v) is 3.72. The summed E-state index contributed by atoms with van der Waals surface area (Å²) >= 11 is 12.7. The first kappa shape index (κ1) is 17.5. The monoisotopic (exact) mass is 397 g/mol. The molecule has 0 bridgehead atoms. The van der Waals surface area contributed by atoms with E-state index in [0.29, 0.717) is 39.1 Å². The third-order valence-electron chi connectivity index (χ3n) is 4.38. The number of hydrogen-bond acceptors (Lipinski definition) is 3. The zero-order chi connectivity index (χ0) is 19.3. The molecule has 4 rings (SSSR count). The first-order valence-electron chi connectivity index (χ1n) is 7.99. The molecule has 6 heteroatoms. The van der Waals surface area contributed by atoms with Gasteiger partial charge in [0.2, 0.25) is 0 Å². The third-order valence-corrected chi connectivity index (χ3v) is 5.01. The number of halogens is 2. The lowest BCUT2D eigenvalue weighted by Crippen LogP contribution is -2.21. The van der Waals surface area contributed by atoms with Gasteiger partial charge in [0, 0.05) is 38.7 Å². The topological polar surface area (TPSA) is 72.5 Å². The Hall–Kier alpha value is -2.95. The summed E-state index contributed by atoms with van der Waals surface area (Å²) in [4.78, 5) is 12.0. The van der Waals surface area contributed by atoms with Crippen molar-refractivity contribution in [2.45, 2.75) is 0 Å². The van der Waals surface area contributed by atoms with Gasteiger partial charge in [-0.3, -0.25) is 0 Å². The number of ether oxygens (including phenoxy) is 1. The molecule has 3 N–H and O–H groups in total. The summed E-state index contributed by atoms with van der Waals surface area (Å²) in [6, 6.07) is 13.7. The smallest absolute Gasteiger partial charge is 0.337 e. The molecule has 134 valence electrons. The van der Waals surface area contributed by atoms with E-state index in [2.05, 4.69) is 6.58 Å². The number of rotatable bonds is 2. The molecule has 0 spiro atoms. The number of anilines is 1. The number of carbonyl (C=O) groups is 1. The van der Waals surface area contributed by atoms with E-state index in [1.807, 2.05) is 12.1 Å². The summed E-state index contributed by atoms with van der Waals surface area (Å²) in [7, 11) is 0. The van der Waals surface area contributed by atoms with Crippen LogP contribution in [0.25, 0.3) is 12.2 Å². The lowest BCUT2D eigenvalue weighted by Gasteiger charge is -2.23. The van der Waals surface area contributed by atoms with Gasteiger partial charge in [0.1, 0.15) is 11.5 Å². The molecule has 0 aliphatic carbocycles. The molecule has 27 heavy (non-hydrogen) atoms. The normalized spacial score (nSPS) is 12.1. The highest BCUT2D eigenvalue weighted by Crippen LogP contribution is 2.41. The van der Waals surface area contributed by atoms with Crippen molar-refractivity contribution >= 4 is 47.0 Å². The highest BCUT2D eigenvalue weighted by molar-refractivity contribution is 6.37. The summed E-state index contributed by atoms with van der Waals surface area (Å²) in [6.45, 7) is 3.92. The van der Waals surface area contributed by atoms with Crippen LogP contribution in [0.15, 0.2) is 48.5 Å².